The van der Waals surface area contributed by atoms with Crippen LogP contribution in [0.4, 0.5) is 4.39 Å². The first-order chi connectivity index (χ1) is 8.48. The third kappa shape index (κ3) is 4.70. The van der Waals surface area contributed by atoms with E-state index in [4.69, 9.17) is 0 Å². The molecule has 0 aromatic carbocycles. The summed E-state index contributed by atoms with van der Waals surface area (Å²) < 4.78 is 35.4. The fourth-order valence-corrected chi connectivity index (χ4v) is 2.30. The average molecular weight is 274 g/mol. The first-order valence-electron chi connectivity index (χ1n) is 6.03. The van der Waals surface area contributed by atoms with E-state index in [0.717, 1.165) is 12.1 Å². The lowest BCUT2D eigenvalue weighted by atomic mass is 10.1. The Bertz CT molecular complexity index is 459. The molecule has 18 heavy (non-hydrogen) atoms. The Morgan fingerprint density at radius 1 is 1.39 bits per heavy atom. The highest BCUT2D eigenvalue weighted by Gasteiger charge is 2.12. The molecule has 1 atom stereocenters. The first-order valence-corrected chi connectivity index (χ1v) is 7.86. The van der Waals surface area contributed by atoms with Crippen molar-refractivity contribution in [1.82, 2.24) is 10.3 Å². The van der Waals surface area contributed by atoms with Gasteiger partial charge in [0.25, 0.3) is 0 Å². The van der Waals surface area contributed by atoms with Gasteiger partial charge in [-0.15, -0.1) is 0 Å². The van der Waals surface area contributed by atoms with Gasteiger partial charge in [-0.05, 0) is 18.6 Å². The SMILES string of the molecule is CCC(NCCS(=O)(=O)CC)c1ccc(F)cn1. The van der Waals surface area contributed by atoms with E-state index in [2.05, 4.69) is 10.3 Å². The smallest absolute Gasteiger partial charge is 0.151 e. The Morgan fingerprint density at radius 3 is 2.61 bits per heavy atom. The fourth-order valence-electron chi connectivity index (χ4n) is 1.58. The van der Waals surface area contributed by atoms with Gasteiger partial charge < -0.3 is 5.32 Å². The molecule has 0 saturated carbocycles. The summed E-state index contributed by atoms with van der Waals surface area (Å²) in [4.78, 5) is 4.00. The van der Waals surface area contributed by atoms with Gasteiger partial charge in [0, 0.05) is 18.3 Å². The van der Waals surface area contributed by atoms with Gasteiger partial charge in [-0.25, -0.2) is 12.8 Å². The predicted octanol–water partition coefficient (Wildman–Crippen LogP) is 1.70. The lowest BCUT2D eigenvalue weighted by molar-refractivity contribution is 0.517. The standard InChI is InChI=1S/C12H19FN2O2S/c1-3-11(12-6-5-10(13)9-15-12)14-7-8-18(16,17)4-2/h5-6,9,11,14H,3-4,7-8H2,1-2H3. The molecule has 1 N–H and O–H groups in total. The maximum Gasteiger partial charge on any atom is 0.151 e. The van der Waals surface area contributed by atoms with Crippen LogP contribution in [0.15, 0.2) is 18.3 Å². The number of halogens is 1. The molecule has 0 spiro atoms. The lowest BCUT2D eigenvalue weighted by Crippen LogP contribution is -2.28. The van der Waals surface area contributed by atoms with E-state index >= 15 is 0 Å². The number of nitrogens with one attached hydrogen (secondary N) is 1. The van der Waals surface area contributed by atoms with Crippen molar-refractivity contribution in [3.8, 4) is 0 Å². The highest BCUT2D eigenvalue weighted by molar-refractivity contribution is 7.91. The molecule has 0 saturated heterocycles. The van der Waals surface area contributed by atoms with E-state index in [9.17, 15) is 12.8 Å². The van der Waals surface area contributed by atoms with E-state index in [0.29, 0.717) is 6.54 Å². The van der Waals surface area contributed by atoms with E-state index < -0.39 is 9.84 Å². The van der Waals surface area contributed by atoms with Crippen LogP contribution in [0, 0.1) is 5.82 Å². The van der Waals surface area contributed by atoms with Gasteiger partial charge in [-0.1, -0.05) is 13.8 Å². The Hall–Kier alpha value is -1.01. The second-order valence-corrected chi connectivity index (χ2v) is 6.53. The summed E-state index contributed by atoms with van der Waals surface area (Å²) in [5.41, 5.74) is 0.729. The van der Waals surface area contributed by atoms with Crippen LogP contribution in [0.2, 0.25) is 0 Å². The van der Waals surface area contributed by atoms with Crippen molar-refractivity contribution in [2.45, 2.75) is 26.3 Å². The number of hydrogen-bond acceptors (Lipinski definition) is 4. The van der Waals surface area contributed by atoms with E-state index in [1.54, 1.807) is 13.0 Å². The van der Waals surface area contributed by atoms with Crippen LogP contribution in [0.1, 0.15) is 32.0 Å². The van der Waals surface area contributed by atoms with Crippen LogP contribution in [-0.2, 0) is 9.84 Å². The summed E-state index contributed by atoms with van der Waals surface area (Å²) in [6, 6.07) is 2.93. The van der Waals surface area contributed by atoms with Crippen molar-refractivity contribution >= 4 is 9.84 Å². The molecule has 0 bridgehead atoms. The highest BCUT2D eigenvalue weighted by atomic mass is 32.2. The predicted molar refractivity (Wildman–Crippen MR) is 69.6 cm³/mol. The molecular weight excluding hydrogens is 255 g/mol. The van der Waals surface area contributed by atoms with Crippen LogP contribution in [0.3, 0.4) is 0 Å². The molecule has 4 nitrogen and oxygen atoms in total. The van der Waals surface area contributed by atoms with Crippen LogP contribution in [0.5, 0.6) is 0 Å². The molecule has 0 radical (unpaired) electrons. The molecule has 0 aliphatic rings. The molecule has 1 heterocycles. The van der Waals surface area contributed by atoms with Gasteiger partial charge in [-0.3, -0.25) is 4.98 Å². The van der Waals surface area contributed by atoms with Crippen LogP contribution < -0.4 is 5.32 Å². The highest BCUT2D eigenvalue weighted by Crippen LogP contribution is 2.13. The third-order valence-electron chi connectivity index (χ3n) is 2.76. The number of hydrogen-bond donors (Lipinski definition) is 1. The summed E-state index contributed by atoms with van der Waals surface area (Å²) in [6.07, 6.45) is 1.94. The Morgan fingerprint density at radius 2 is 2.11 bits per heavy atom. The zero-order valence-electron chi connectivity index (χ0n) is 10.7. The first kappa shape index (κ1) is 15.0. The monoisotopic (exact) mass is 274 g/mol. The third-order valence-corrected chi connectivity index (χ3v) is 4.46. The molecule has 1 unspecified atom stereocenters. The minimum Gasteiger partial charge on any atom is -0.308 e. The lowest BCUT2D eigenvalue weighted by Gasteiger charge is -2.16. The fraction of sp³-hybridized carbons (Fsp3) is 0.583. The zero-order valence-corrected chi connectivity index (χ0v) is 11.5. The average Bonchev–Trinajstić information content (AvgIpc) is 2.36. The minimum absolute atomic E-state index is 0.0438. The molecule has 1 aromatic heterocycles. The van der Waals surface area contributed by atoms with Gasteiger partial charge >= 0.3 is 0 Å². The van der Waals surface area contributed by atoms with Crippen molar-refractivity contribution in [1.29, 1.82) is 0 Å². The number of nitrogens with zero attached hydrogens (tertiary/aromatic N) is 1. The molecule has 0 amide bonds. The largest absolute Gasteiger partial charge is 0.308 e. The molecular formula is C12H19FN2O2S. The number of rotatable bonds is 7. The second kappa shape index (κ2) is 6.80. The summed E-state index contributed by atoms with van der Waals surface area (Å²) in [5, 5.41) is 3.13. The van der Waals surface area contributed by atoms with Crippen LogP contribution >= 0.6 is 0 Å². The maximum atomic E-state index is 12.7. The summed E-state index contributed by atoms with van der Waals surface area (Å²) in [7, 11) is -2.96. The topological polar surface area (TPSA) is 59.1 Å². The van der Waals surface area contributed by atoms with E-state index in [1.807, 2.05) is 6.92 Å². The Labute approximate surface area is 108 Å². The van der Waals surface area contributed by atoms with Gasteiger partial charge in [0.15, 0.2) is 9.84 Å². The van der Waals surface area contributed by atoms with Crippen LogP contribution in [-0.4, -0.2) is 31.5 Å². The Balaban J connectivity index is 2.55. The maximum absolute atomic E-state index is 12.7. The van der Waals surface area contributed by atoms with Crippen molar-refractivity contribution < 1.29 is 12.8 Å². The van der Waals surface area contributed by atoms with Crippen LogP contribution in [0.25, 0.3) is 0 Å². The van der Waals surface area contributed by atoms with E-state index in [1.165, 1.54) is 12.3 Å². The summed E-state index contributed by atoms with van der Waals surface area (Å²) >= 11 is 0. The van der Waals surface area contributed by atoms with Crippen molar-refractivity contribution in [2.24, 2.45) is 0 Å². The van der Waals surface area contributed by atoms with Gasteiger partial charge in [0.1, 0.15) is 5.82 Å². The summed E-state index contributed by atoms with van der Waals surface area (Å²) in [5.74, 6) is -0.108. The second-order valence-electron chi connectivity index (χ2n) is 4.05. The normalized spacial score (nSPS) is 13.5. The molecule has 0 aliphatic carbocycles. The van der Waals surface area contributed by atoms with Gasteiger partial charge in [0.05, 0.1) is 17.6 Å². The molecule has 0 fully saturated rings. The van der Waals surface area contributed by atoms with Gasteiger partial charge in [-0.2, -0.15) is 0 Å². The number of pyridine rings is 1. The molecule has 0 aliphatic heterocycles. The van der Waals surface area contributed by atoms with Crippen molar-refractivity contribution in [3.05, 3.63) is 29.8 Å². The zero-order chi connectivity index (χ0) is 13.6. The molecule has 1 rings (SSSR count). The molecule has 6 heteroatoms. The van der Waals surface area contributed by atoms with E-state index in [-0.39, 0.29) is 23.4 Å². The molecule has 102 valence electrons. The molecule has 1 aromatic rings. The quantitative estimate of drug-likeness (QED) is 0.822. The summed E-state index contributed by atoms with van der Waals surface area (Å²) in [6.45, 7) is 3.99. The van der Waals surface area contributed by atoms with Crippen molar-refractivity contribution in [2.75, 3.05) is 18.1 Å². The van der Waals surface area contributed by atoms with Crippen molar-refractivity contribution in [3.63, 3.8) is 0 Å². The Kier molecular flexibility index (Phi) is 5.68. The minimum atomic E-state index is -2.96. The van der Waals surface area contributed by atoms with Gasteiger partial charge in [0.2, 0.25) is 0 Å². The number of aromatic nitrogens is 1. The number of sulfone groups is 1.